The second-order valence-corrected chi connectivity index (χ2v) is 6.95. The first-order valence-electron chi connectivity index (χ1n) is 8.07. The van der Waals surface area contributed by atoms with Crippen molar-refractivity contribution in [3.63, 3.8) is 0 Å². The summed E-state index contributed by atoms with van der Waals surface area (Å²) in [5.74, 6) is 0.527. The van der Waals surface area contributed by atoms with E-state index in [9.17, 15) is 10.2 Å². The van der Waals surface area contributed by atoms with E-state index >= 15 is 0 Å². The van der Waals surface area contributed by atoms with Gasteiger partial charge in [-0.25, -0.2) is 0 Å². The van der Waals surface area contributed by atoms with Crippen LogP contribution in [0.25, 0.3) is 0 Å². The molecule has 0 radical (unpaired) electrons. The maximum atomic E-state index is 10.4. The quantitative estimate of drug-likeness (QED) is 0.814. The van der Waals surface area contributed by atoms with Gasteiger partial charge in [0.1, 0.15) is 0 Å². The minimum Gasteiger partial charge on any atom is -0.393 e. The highest BCUT2D eigenvalue weighted by Crippen LogP contribution is 2.42. The van der Waals surface area contributed by atoms with Gasteiger partial charge in [-0.2, -0.15) is 0 Å². The highest BCUT2D eigenvalue weighted by molar-refractivity contribution is 4.89. The highest BCUT2D eigenvalue weighted by atomic mass is 16.7. The molecule has 4 nitrogen and oxygen atoms in total. The number of hydrogen-bond acceptors (Lipinski definition) is 4. The predicted molar refractivity (Wildman–Crippen MR) is 77.2 cm³/mol. The Labute approximate surface area is 122 Å². The molecule has 2 N–H and O–H groups in total. The molecule has 2 aliphatic rings. The SMILES string of the molecule is CC(C)C(O)CC[C@@H](C)[C@@H]1CCC2(CC1O)OCCO2. The topological polar surface area (TPSA) is 58.9 Å². The summed E-state index contributed by atoms with van der Waals surface area (Å²) in [7, 11) is 0. The lowest BCUT2D eigenvalue weighted by atomic mass is 9.74. The molecule has 2 fully saturated rings. The lowest BCUT2D eigenvalue weighted by molar-refractivity contribution is -0.208. The van der Waals surface area contributed by atoms with Crippen molar-refractivity contribution in [2.24, 2.45) is 17.8 Å². The van der Waals surface area contributed by atoms with Crippen molar-refractivity contribution in [3.8, 4) is 0 Å². The molecule has 0 amide bonds. The van der Waals surface area contributed by atoms with Crippen LogP contribution in [-0.4, -0.2) is 41.4 Å². The van der Waals surface area contributed by atoms with Crippen molar-refractivity contribution >= 4 is 0 Å². The molecule has 118 valence electrons. The summed E-state index contributed by atoms with van der Waals surface area (Å²) in [6, 6.07) is 0. The van der Waals surface area contributed by atoms with Gasteiger partial charge >= 0.3 is 0 Å². The summed E-state index contributed by atoms with van der Waals surface area (Å²) in [5, 5.41) is 20.3. The first kappa shape index (κ1) is 16.2. The van der Waals surface area contributed by atoms with Crippen LogP contribution in [0.5, 0.6) is 0 Å². The monoisotopic (exact) mass is 286 g/mol. The van der Waals surface area contributed by atoms with Crippen LogP contribution >= 0.6 is 0 Å². The van der Waals surface area contributed by atoms with E-state index in [0.717, 1.165) is 25.7 Å². The van der Waals surface area contributed by atoms with Crippen LogP contribution in [0.1, 0.15) is 52.9 Å². The Morgan fingerprint density at radius 1 is 1.15 bits per heavy atom. The molecule has 0 aromatic heterocycles. The zero-order valence-electron chi connectivity index (χ0n) is 13.0. The highest BCUT2D eigenvalue weighted by Gasteiger charge is 2.45. The van der Waals surface area contributed by atoms with Crippen molar-refractivity contribution < 1.29 is 19.7 Å². The third-order valence-corrected chi connectivity index (χ3v) is 5.10. The molecule has 1 aliphatic heterocycles. The molecule has 4 heteroatoms. The average Bonchev–Trinajstić information content (AvgIpc) is 2.83. The molecular weight excluding hydrogens is 256 g/mol. The Morgan fingerprint density at radius 3 is 2.35 bits per heavy atom. The molecule has 1 saturated heterocycles. The van der Waals surface area contributed by atoms with Gasteiger partial charge in [0.25, 0.3) is 0 Å². The van der Waals surface area contributed by atoms with Crippen LogP contribution in [0.15, 0.2) is 0 Å². The molecule has 1 heterocycles. The van der Waals surface area contributed by atoms with Gasteiger partial charge in [0.05, 0.1) is 25.4 Å². The number of rotatable bonds is 5. The van der Waals surface area contributed by atoms with E-state index in [-0.39, 0.29) is 12.2 Å². The lowest BCUT2D eigenvalue weighted by Gasteiger charge is -2.41. The van der Waals surface area contributed by atoms with E-state index < -0.39 is 5.79 Å². The van der Waals surface area contributed by atoms with Gasteiger partial charge in [-0.1, -0.05) is 20.8 Å². The smallest absolute Gasteiger partial charge is 0.170 e. The largest absolute Gasteiger partial charge is 0.393 e. The zero-order valence-corrected chi connectivity index (χ0v) is 13.0. The summed E-state index contributed by atoms with van der Waals surface area (Å²) in [4.78, 5) is 0. The molecule has 1 saturated carbocycles. The normalized spacial score (nSPS) is 32.7. The fraction of sp³-hybridized carbons (Fsp3) is 1.00. The Kier molecular flexibility index (Phi) is 5.46. The van der Waals surface area contributed by atoms with E-state index in [1.807, 2.05) is 13.8 Å². The Bertz CT molecular complexity index is 299. The van der Waals surface area contributed by atoms with Crippen molar-refractivity contribution in [3.05, 3.63) is 0 Å². The molecule has 20 heavy (non-hydrogen) atoms. The molecule has 4 atom stereocenters. The van der Waals surface area contributed by atoms with E-state index in [2.05, 4.69) is 6.92 Å². The van der Waals surface area contributed by atoms with E-state index in [0.29, 0.717) is 37.4 Å². The zero-order chi connectivity index (χ0) is 14.8. The Morgan fingerprint density at radius 2 is 1.80 bits per heavy atom. The van der Waals surface area contributed by atoms with Gasteiger partial charge < -0.3 is 19.7 Å². The van der Waals surface area contributed by atoms with Crippen LogP contribution < -0.4 is 0 Å². The number of ether oxygens (including phenoxy) is 2. The number of aliphatic hydroxyl groups is 2. The summed E-state index contributed by atoms with van der Waals surface area (Å²) in [6.45, 7) is 7.57. The number of hydrogen-bond donors (Lipinski definition) is 2. The van der Waals surface area contributed by atoms with Gasteiger partial charge in [-0.05, 0) is 37.0 Å². The third kappa shape index (κ3) is 3.73. The molecule has 0 bridgehead atoms. The fourth-order valence-corrected chi connectivity index (χ4v) is 3.56. The minimum absolute atomic E-state index is 0.231. The first-order valence-corrected chi connectivity index (χ1v) is 8.07. The summed E-state index contributed by atoms with van der Waals surface area (Å²) in [6.07, 6.45) is 3.62. The maximum absolute atomic E-state index is 10.4. The van der Waals surface area contributed by atoms with Crippen molar-refractivity contribution in [2.75, 3.05) is 13.2 Å². The molecule has 1 spiro atoms. The van der Waals surface area contributed by atoms with Crippen molar-refractivity contribution in [1.29, 1.82) is 0 Å². The van der Waals surface area contributed by atoms with Crippen LogP contribution in [0.3, 0.4) is 0 Å². The van der Waals surface area contributed by atoms with Gasteiger partial charge in [0, 0.05) is 12.8 Å². The van der Waals surface area contributed by atoms with Gasteiger partial charge in [0.2, 0.25) is 0 Å². The summed E-state index contributed by atoms with van der Waals surface area (Å²) < 4.78 is 11.4. The third-order valence-electron chi connectivity index (χ3n) is 5.10. The molecule has 0 aromatic carbocycles. The molecule has 1 aliphatic carbocycles. The van der Waals surface area contributed by atoms with Crippen LogP contribution in [-0.2, 0) is 9.47 Å². The summed E-state index contributed by atoms with van der Waals surface area (Å²) in [5.41, 5.74) is 0. The minimum atomic E-state index is -0.507. The summed E-state index contributed by atoms with van der Waals surface area (Å²) >= 11 is 0. The predicted octanol–water partition coefficient (Wildman–Crippen LogP) is 2.32. The second-order valence-electron chi connectivity index (χ2n) is 6.95. The van der Waals surface area contributed by atoms with E-state index in [1.165, 1.54) is 0 Å². The first-order chi connectivity index (χ1) is 9.43. The van der Waals surface area contributed by atoms with E-state index in [1.54, 1.807) is 0 Å². The maximum Gasteiger partial charge on any atom is 0.170 e. The molecular formula is C16H30O4. The van der Waals surface area contributed by atoms with Crippen molar-refractivity contribution in [1.82, 2.24) is 0 Å². The Hall–Kier alpha value is -0.160. The standard InChI is InChI=1S/C16H30O4/c1-11(2)14(17)5-4-12(3)13-6-7-16(10-15(13)18)19-8-9-20-16/h11-15,17-18H,4-10H2,1-3H3/t12-,13+,14?,15?/m1/s1. The van der Waals surface area contributed by atoms with Crippen LogP contribution in [0.4, 0.5) is 0 Å². The Balaban J connectivity index is 1.81. The average molecular weight is 286 g/mol. The molecule has 0 aromatic rings. The lowest BCUT2D eigenvalue weighted by Crippen LogP contribution is -2.44. The van der Waals surface area contributed by atoms with Crippen LogP contribution in [0.2, 0.25) is 0 Å². The van der Waals surface area contributed by atoms with Crippen LogP contribution in [0, 0.1) is 17.8 Å². The second kappa shape index (κ2) is 6.73. The van der Waals surface area contributed by atoms with Gasteiger partial charge in [0.15, 0.2) is 5.79 Å². The fourth-order valence-electron chi connectivity index (χ4n) is 3.56. The van der Waals surface area contributed by atoms with Crippen molar-refractivity contribution in [2.45, 2.75) is 70.9 Å². The van der Waals surface area contributed by atoms with Gasteiger partial charge in [-0.3, -0.25) is 0 Å². The molecule has 2 rings (SSSR count). The number of aliphatic hydroxyl groups excluding tert-OH is 2. The van der Waals surface area contributed by atoms with Gasteiger partial charge in [-0.15, -0.1) is 0 Å². The molecule has 2 unspecified atom stereocenters. The van der Waals surface area contributed by atoms with E-state index in [4.69, 9.17) is 9.47 Å².